The van der Waals surface area contributed by atoms with Gasteiger partial charge in [0, 0.05) is 0 Å². The highest BCUT2D eigenvalue weighted by Gasteiger charge is 2.29. The van der Waals surface area contributed by atoms with Crippen molar-refractivity contribution < 1.29 is 14.3 Å². The molecule has 0 spiro atoms. The number of hydrogen-bond acceptors (Lipinski definition) is 5. The van der Waals surface area contributed by atoms with E-state index in [1.165, 1.54) is 0 Å². The second-order valence-electron chi connectivity index (χ2n) is 4.55. The van der Waals surface area contributed by atoms with E-state index >= 15 is 0 Å². The van der Waals surface area contributed by atoms with Crippen LogP contribution in [0.15, 0.2) is 40.0 Å². The molecule has 1 aromatic carbocycles. The quantitative estimate of drug-likeness (QED) is 0.847. The molecule has 0 bridgehead atoms. The number of hydrogen-bond donors (Lipinski definition) is 1. The van der Waals surface area contributed by atoms with Crippen molar-refractivity contribution in [3.05, 3.63) is 41.8 Å². The third kappa shape index (κ3) is 3.14. The zero-order chi connectivity index (χ0) is 13.9. The van der Waals surface area contributed by atoms with Crippen molar-refractivity contribution in [3.8, 4) is 0 Å². The first-order valence-corrected chi connectivity index (χ1v) is 6.73. The number of nitrogens with zero attached hydrogens (tertiary/aromatic N) is 2. The summed E-state index contributed by atoms with van der Waals surface area (Å²) in [7, 11) is 0. The van der Waals surface area contributed by atoms with Crippen molar-refractivity contribution in [1.82, 2.24) is 10.2 Å². The van der Waals surface area contributed by atoms with Crippen LogP contribution in [0.5, 0.6) is 0 Å². The van der Waals surface area contributed by atoms with E-state index < -0.39 is 11.4 Å². The molecule has 1 N–H and O–H groups in total. The van der Waals surface area contributed by atoms with E-state index in [0.717, 1.165) is 17.3 Å². The third-order valence-electron chi connectivity index (χ3n) is 2.76. The Hall–Kier alpha value is -1.82. The van der Waals surface area contributed by atoms with Gasteiger partial charge in [-0.2, -0.15) is 0 Å². The van der Waals surface area contributed by atoms with E-state index in [-0.39, 0.29) is 11.0 Å². The molecule has 0 saturated heterocycles. The molecule has 0 radical (unpaired) electrons. The lowest BCUT2D eigenvalue weighted by Gasteiger charge is -2.20. The Kier molecular flexibility index (Phi) is 3.90. The first-order chi connectivity index (χ1) is 9.00. The molecule has 6 heteroatoms. The van der Waals surface area contributed by atoms with E-state index in [4.69, 9.17) is 9.52 Å². The molecule has 0 aliphatic heterocycles. The first-order valence-electron chi connectivity index (χ1n) is 5.74. The Bertz CT molecular complexity index is 566. The molecule has 2 aromatic rings. The normalized spacial score (nSPS) is 11.5. The first kappa shape index (κ1) is 13.6. The predicted octanol–water partition coefficient (Wildman–Crippen LogP) is 2.57. The van der Waals surface area contributed by atoms with Crippen LogP contribution in [-0.2, 0) is 10.2 Å². The molecule has 5 nitrogen and oxygen atoms in total. The van der Waals surface area contributed by atoms with E-state index in [1.807, 2.05) is 44.2 Å². The van der Waals surface area contributed by atoms with Gasteiger partial charge in [0.2, 0.25) is 5.89 Å². The van der Waals surface area contributed by atoms with Gasteiger partial charge >= 0.3 is 5.97 Å². The lowest BCUT2D eigenvalue weighted by Crippen LogP contribution is -2.19. The van der Waals surface area contributed by atoms with E-state index in [0.29, 0.717) is 5.89 Å². The molecular formula is C13H14N2O3S. The van der Waals surface area contributed by atoms with Crippen LogP contribution >= 0.6 is 11.8 Å². The second kappa shape index (κ2) is 5.44. The summed E-state index contributed by atoms with van der Waals surface area (Å²) in [5.74, 6) is -0.522. The zero-order valence-corrected chi connectivity index (χ0v) is 11.5. The Morgan fingerprint density at radius 2 is 2.00 bits per heavy atom. The summed E-state index contributed by atoms with van der Waals surface area (Å²) in [6.07, 6.45) is 0. The van der Waals surface area contributed by atoms with Crippen LogP contribution in [0.4, 0.5) is 0 Å². The van der Waals surface area contributed by atoms with Crippen molar-refractivity contribution in [2.24, 2.45) is 0 Å². The number of aliphatic carboxylic acids is 1. The molecule has 0 aliphatic rings. The van der Waals surface area contributed by atoms with Gasteiger partial charge in [0.1, 0.15) is 5.75 Å². The molecule has 1 aromatic heterocycles. The molecule has 0 aliphatic carbocycles. The summed E-state index contributed by atoms with van der Waals surface area (Å²) in [6.45, 7) is 3.98. The monoisotopic (exact) mass is 278 g/mol. The average molecular weight is 278 g/mol. The van der Waals surface area contributed by atoms with Gasteiger partial charge in [0.05, 0.1) is 5.41 Å². The topological polar surface area (TPSA) is 76.2 Å². The fourth-order valence-corrected chi connectivity index (χ4v) is 2.11. The Morgan fingerprint density at radius 3 is 2.63 bits per heavy atom. The second-order valence-corrected chi connectivity index (χ2v) is 5.47. The SMILES string of the molecule is CC(C)(c1ccccc1)c1nnc(SCC(=O)O)o1. The summed E-state index contributed by atoms with van der Waals surface area (Å²) in [5, 5.41) is 16.8. The van der Waals surface area contributed by atoms with Crippen molar-refractivity contribution >= 4 is 17.7 Å². The van der Waals surface area contributed by atoms with Crippen molar-refractivity contribution in [2.75, 3.05) is 5.75 Å². The fourth-order valence-electron chi connectivity index (χ4n) is 1.62. The minimum Gasteiger partial charge on any atom is -0.481 e. The molecule has 100 valence electrons. The minimum absolute atomic E-state index is 0.0899. The van der Waals surface area contributed by atoms with Crippen molar-refractivity contribution in [3.63, 3.8) is 0 Å². The summed E-state index contributed by atoms with van der Waals surface area (Å²) >= 11 is 1.02. The van der Waals surface area contributed by atoms with Crippen LogP contribution in [-0.4, -0.2) is 27.0 Å². The lowest BCUT2D eigenvalue weighted by atomic mass is 9.85. The van der Waals surface area contributed by atoms with Gasteiger partial charge in [0.25, 0.3) is 5.22 Å². The number of benzene rings is 1. The summed E-state index contributed by atoms with van der Waals surface area (Å²) in [4.78, 5) is 10.5. The minimum atomic E-state index is -0.910. The predicted molar refractivity (Wildman–Crippen MR) is 71.2 cm³/mol. The maximum absolute atomic E-state index is 10.5. The molecule has 2 rings (SSSR count). The highest BCUT2D eigenvalue weighted by molar-refractivity contribution is 7.99. The Morgan fingerprint density at radius 1 is 1.32 bits per heavy atom. The van der Waals surface area contributed by atoms with Crippen LogP contribution in [0.1, 0.15) is 25.3 Å². The average Bonchev–Trinajstić information content (AvgIpc) is 2.87. The van der Waals surface area contributed by atoms with Crippen molar-refractivity contribution in [2.45, 2.75) is 24.5 Å². The van der Waals surface area contributed by atoms with E-state index in [1.54, 1.807) is 0 Å². The number of thioether (sulfide) groups is 1. The van der Waals surface area contributed by atoms with Crippen molar-refractivity contribution in [1.29, 1.82) is 0 Å². The highest BCUT2D eigenvalue weighted by atomic mass is 32.2. The van der Waals surface area contributed by atoms with Crippen LogP contribution in [0.25, 0.3) is 0 Å². The van der Waals surface area contributed by atoms with Gasteiger partial charge in [0.15, 0.2) is 0 Å². The van der Waals surface area contributed by atoms with Crippen LogP contribution in [0.3, 0.4) is 0 Å². The standard InChI is InChI=1S/C13H14N2O3S/c1-13(2,9-6-4-3-5-7-9)11-14-15-12(18-11)19-8-10(16)17/h3-7H,8H2,1-2H3,(H,16,17). The largest absolute Gasteiger partial charge is 0.481 e. The lowest BCUT2D eigenvalue weighted by molar-refractivity contribution is -0.133. The summed E-state index contributed by atoms with van der Waals surface area (Å²) in [5.41, 5.74) is 0.657. The maximum Gasteiger partial charge on any atom is 0.314 e. The van der Waals surface area contributed by atoms with Gasteiger partial charge in [-0.25, -0.2) is 0 Å². The Labute approximate surface area is 115 Å². The molecule has 0 unspecified atom stereocenters. The molecule has 1 heterocycles. The number of aromatic nitrogens is 2. The highest BCUT2D eigenvalue weighted by Crippen LogP contribution is 2.31. The summed E-state index contributed by atoms with van der Waals surface area (Å²) < 4.78 is 5.53. The third-order valence-corrected chi connectivity index (χ3v) is 3.56. The molecular weight excluding hydrogens is 264 g/mol. The molecule has 0 amide bonds. The van der Waals surface area contributed by atoms with Gasteiger partial charge in [-0.05, 0) is 19.4 Å². The van der Waals surface area contributed by atoms with Gasteiger partial charge in [-0.1, -0.05) is 42.1 Å². The van der Waals surface area contributed by atoms with Gasteiger partial charge in [-0.3, -0.25) is 4.79 Å². The van der Waals surface area contributed by atoms with E-state index in [2.05, 4.69) is 10.2 Å². The number of carboxylic acid groups (broad SMARTS) is 1. The molecule has 19 heavy (non-hydrogen) atoms. The van der Waals surface area contributed by atoms with Gasteiger partial charge < -0.3 is 9.52 Å². The number of carboxylic acids is 1. The molecule has 0 fully saturated rings. The van der Waals surface area contributed by atoms with E-state index in [9.17, 15) is 4.79 Å². The van der Waals surface area contributed by atoms with Gasteiger partial charge in [-0.15, -0.1) is 10.2 Å². The molecule has 0 saturated carbocycles. The summed E-state index contributed by atoms with van der Waals surface area (Å²) in [6, 6.07) is 9.84. The molecule has 0 atom stereocenters. The fraction of sp³-hybridized carbons (Fsp3) is 0.308. The van der Waals surface area contributed by atoms with Crippen LogP contribution < -0.4 is 0 Å². The van der Waals surface area contributed by atoms with Crippen LogP contribution in [0.2, 0.25) is 0 Å². The maximum atomic E-state index is 10.5. The van der Waals surface area contributed by atoms with Crippen LogP contribution in [0, 0.1) is 0 Å². The number of carbonyl (C=O) groups is 1. The smallest absolute Gasteiger partial charge is 0.314 e. The zero-order valence-electron chi connectivity index (χ0n) is 10.7. The number of rotatable bonds is 5. The Balaban J connectivity index is 2.20.